The molecule has 0 fully saturated rings. The minimum absolute atomic E-state index is 0.00957. The lowest BCUT2D eigenvalue weighted by Gasteiger charge is -2.22. The highest BCUT2D eigenvalue weighted by atomic mass is 16.5. The molecule has 1 amide bonds. The van der Waals surface area contributed by atoms with E-state index in [0.717, 1.165) is 25.0 Å². The van der Waals surface area contributed by atoms with Gasteiger partial charge in [-0.15, -0.1) is 0 Å². The highest BCUT2D eigenvalue weighted by molar-refractivity contribution is 5.75. The number of hydrogen-bond donors (Lipinski definition) is 2. The summed E-state index contributed by atoms with van der Waals surface area (Å²) < 4.78 is 5.58. The molecule has 1 aromatic rings. The van der Waals surface area contributed by atoms with Gasteiger partial charge in [-0.2, -0.15) is 0 Å². The molecule has 3 N–H and O–H groups in total. The second-order valence-electron chi connectivity index (χ2n) is 4.63. The summed E-state index contributed by atoms with van der Waals surface area (Å²) in [6.07, 6.45) is 3.67. The number of carbonyl (C=O) groups is 1. The Balaban J connectivity index is 1.98. The molecule has 1 aliphatic carbocycles. The van der Waals surface area contributed by atoms with Gasteiger partial charge in [-0.05, 0) is 42.5 Å². The predicted molar refractivity (Wildman–Crippen MR) is 70.5 cm³/mol. The van der Waals surface area contributed by atoms with Crippen molar-refractivity contribution in [2.75, 3.05) is 13.7 Å². The van der Waals surface area contributed by atoms with E-state index < -0.39 is 0 Å². The maximum atomic E-state index is 11.1. The van der Waals surface area contributed by atoms with Crippen LogP contribution in [0.15, 0.2) is 18.2 Å². The average Bonchev–Trinajstić information content (AvgIpc) is 2.39. The highest BCUT2D eigenvalue weighted by Crippen LogP contribution is 2.30. The van der Waals surface area contributed by atoms with Gasteiger partial charge in [0.2, 0.25) is 5.91 Å². The van der Waals surface area contributed by atoms with Gasteiger partial charge in [-0.3, -0.25) is 4.79 Å². The van der Waals surface area contributed by atoms with Crippen LogP contribution in [0.1, 0.15) is 36.4 Å². The Labute approximate surface area is 108 Å². The minimum Gasteiger partial charge on any atom is -0.493 e. The van der Waals surface area contributed by atoms with Crippen molar-refractivity contribution < 1.29 is 9.53 Å². The number of hydrogen-bond acceptors (Lipinski definition) is 3. The number of nitrogens with one attached hydrogen (secondary N) is 1. The summed E-state index contributed by atoms with van der Waals surface area (Å²) in [4.78, 5) is 11.1. The summed E-state index contributed by atoms with van der Waals surface area (Å²) in [7, 11) is 1.63. The Morgan fingerprint density at radius 3 is 3.17 bits per heavy atom. The van der Waals surface area contributed by atoms with Crippen LogP contribution in [-0.4, -0.2) is 19.6 Å². The smallest absolute Gasteiger partial charge is 0.223 e. The van der Waals surface area contributed by atoms with Gasteiger partial charge in [0.25, 0.3) is 0 Å². The van der Waals surface area contributed by atoms with Crippen LogP contribution in [0.3, 0.4) is 0 Å². The molecule has 1 aromatic carbocycles. The Morgan fingerprint density at radius 2 is 2.39 bits per heavy atom. The summed E-state index contributed by atoms with van der Waals surface area (Å²) >= 11 is 0. The summed E-state index contributed by atoms with van der Waals surface area (Å²) in [5.41, 5.74) is 8.61. The molecule has 1 aliphatic rings. The lowest BCUT2D eigenvalue weighted by atomic mass is 9.88. The average molecular weight is 248 g/mol. The number of carbonyl (C=O) groups excluding carboxylic acids is 1. The molecule has 1 unspecified atom stereocenters. The number of ether oxygens (including phenoxy) is 1. The molecule has 4 heteroatoms. The van der Waals surface area contributed by atoms with Crippen LogP contribution in [0, 0.1) is 0 Å². The number of amides is 1. The minimum atomic E-state index is -0.00957. The van der Waals surface area contributed by atoms with Crippen LogP contribution in [0.25, 0.3) is 0 Å². The molecule has 0 saturated heterocycles. The standard InChI is InChI=1S/C14H20N2O2/c1-16-14(17)7-8-18-11-6-5-10-3-2-4-13(15)12(10)9-11/h5-6,9,13H,2-4,7-8,15H2,1H3,(H,16,17). The van der Waals surface area contributed by atoms with Crippen LogP contribution in [0.2, 0.25) is 0 Å². The molecule has 98 valence electrons. The summed E-state index contributed by atoms with van der Waals surface area (Å²) in [5.74, 6) is 0.791. The van der Waals surface area contributed by atoms with Crippen molar-refractivity contribution in [1.29, 1.82) is 0 Å². The second-order valence-corrected chi connectivity index (χ2v) is 4.63. The van der Waals surface area contributed by atoms with Gasteiger partial charge in [0.15, 0.2) is 0 Å². The van der Waals surface area contributed by atoms with Gasteiger partial charge in [-0.25, -0.2) is 0 Å². The topological polar surface area (TPSA) is 64.3 Å². The van der Waals surface area contributed by atoms with Crippen molar-refractivity contribution in [3.05, 3.63) is 29.3 Å². The number of benzene rings is 1. The SMILES string of the molecule is CNC(=O)CCOc1ccc2c(c1)C(N)CCC2. The first-order valence-electron chi connectivity index (χ1n) is 6.42. The molecule has 0 aromatic heterocycles. The van der Waals surface area contributed by atoms with E-state index in [1.54, 1.807) is 7.05 Å². The third-order valence-corrected chi connectivity index (χ3v) is 3.35. The zero-order valence-corrected chi connectivity index (χ0v) is 10.7. The number of nitrogens with two attached hydrogens (primary N) is 1. The van der Waals surface area contributed by atoms with E-state index in [-0.39, 0.29) is 11.9 Å². The fraction of sp³-hybridized carbons (Fsp3) is 0.500. The Kier molecular flexibility index (Phi) is 4.20. The van der Waals surface area contributed by atoms with Crippen LogP contribution in [0.5, 0.6) is 5.75 Å². The summed E-state index contributed by atoms with van der Waals surface area (Å²) in [6.45, 7) is 0.397. The zero-order chi connectivity index (χ0) is 13.0. The quantitative estimate of drug-likeness (QED) is 0.849. The number of aryl methyl sites for hydroxylation is 1. The van der Waals surface area contributed by atoms with Gasteiger partial charge in [0.1, 0.15) is 5.75 Å². The van der Waals surface area contributed by atoms with Crippen molar-refractivity contribution >= 4 is 5.91 Å². The van der Waals surface area contributed by atoms with Crippen molar-refractivity contribution in [2.45, 2.75) is 31.7 Å². The Hall–Kier alpha value is -1.55. The third kappa shape index (κ3) is 3.01. The lowest BCUT2D eigenvalue weighted by Crippen LogP contribution is -2.20. The fourth-order valence-corrected chi connectivity index (χ4v) is 2.29. The molecule has 4 nitrogen and oxygen atoms in total. The van der Waals surface area contributed by atoms with Crippen molar-refractivity contribution in [3.8, 4) is 5.75 Å². The lowest BCUT2D eigenvalue weighted by molar-refractivity contribution is -0.121. The van der Waals surface area contributed by atoms with E-state index >= 15 is 0 Å². The van der Waals surface area contributed by atoms with Crippen molar-refractivity contribution in [2.24, 2.45) is 5.73 Å². The molecule has 1 atom stereocenters. The zero-order valence-electron chi connectivity index (χ0n) is 10.7. The number of rotatable bonds is 4. The molecular weight excluding hydrogens is 228 g/mol. The van der Waals surface area contributed by atoms with Crippen LogP contribution < -0.4 is 15.8 Å². The van der Waals surface area contributed by atoms with Gasteiger partial charge in [-0.1, -0.05) is 6.07 Å². The van der Waals surface area contributed by atoms with Gasteiger partial charge < -0.3 is 15.8 Å². The van der Waals surface area contributed by atoms with E-state index in [1.807, 2.05) is 12.1 Å². The van der Waals surface area contributed by atoms with Crippen molar-refractivity contribution in [3.63, 3.8) is 0 Å². The van der Waals surface area contributed by atoms with E-state index in [4.69, 9.17) is 10.5 Å². The fourth-order valence-electron chi connectivity index (χ4n) is 2.29. The first-order chi connectivity index (χ1) is 8.70. The van der Waals surface area contributed by atoms with E-state index in [2.05, 4.69) is 11.4 Å². The largest absolute Gasteiger partial charge is 0.493 e. The maximum Gasteiger partial charge on any atom is 0.223 e. The van der Waals surface area contributed by atoms with Gasteiger partial charge >= 0.3 is 0 Å². The van der Waals surface area contributed by atoms with Crippen LogP contribution in [-0.2, 0) is 11.2 Å². The van der Waals surface area contributed by atoms with Crippen molar-refractivity contribution in [1.82, 2.24) is 5.32 Å². The maximum absolute atomic E-state index is 11.1. The Morgan fingerprint density at radius 1 is 1.56 bits per heavy atom. The van der Waals surface area contributed by atoms with E-state index in [9.17, 15) is 4.79 Å². The normalized spacial score (nSPS) is 18.0. The molecule has 0 radical (unpaired) electrons. The monoisotopic (exact) mass is 248 g/mol. The van der Waals surface area contributed by atoms with Gasteiger partial charge in [0.05, 0.1) is 13.0 Å². The molecule has 2 rings (SSSR count). The van der Waals surface area contributed by atoms with Crippen LogP contribution in [0.4, 0.5) is 0 Å². The summed E-state index contributed by atoms with van der Waals surface area (Å²) in [6, 6.07) is 6.18. The molecule has 0 heterocycles. The number of fused-ring (bicyclic) bond motifs is 1. The third-order valence-electron chi connectivity index (χ3n) is 3.35. The van der Waals surface area contributed by atoms with Gasteiger partial charge in [0, 0.05) is 13.1 Å². The highest BCUT2D eigenvalue weighted by Gasteiger charge is 2.17. The summed E-state index contributed by atoms with van der Waals surface area (Å²) in [5, 5.41) is 2.57. The first kappa shape index (κ1) is 12.9. The predicted octanol–water partition coefficient (Wildman–Crippen LogP) is 1.54. The molecule has 0 spiro atoms. The second kappa shape index (κ2) is 5.87. The Bertz CT molecular complexity index is 432. The molecule has 0 saturated carbocycles. The molecule has 18 heavy (non-hydrogen) atoms. The molecular formula is C14H20N2O2. The first-order valence-corrected chi connectivity index (χ1v) is 6.42. The van der Waals surface area contributed by atoms with E-state index in [0.29, 0.717) is 13.0 Å². The molecule has 0 bridgehead atoms. The van der Waals surface area contributed by atoms with Crippen LogP contribution >= 0.6 is 0 Å². The van der Waals surface area contributed by atoms with E-state index in [1.165, 1.54) is 11.1 Å². The molecule has 0 aliphatic heterocycles.